The maximum Gasteiger partial charge on any atom is 0.223 e. The lowest BCUT2D eigenvalue weighted by Crippen LogP contribution is -3.14. The van der Waals surface area contributed by atoms with Gasteiger partial charge >= 0.3 is 0 Å². The lowest BCUT2D eigenvalue weighted by atomic mass is 9.95. The van der Waals surface area contributed by atoms with Gasteiger partial charge in [0, 0.05) is 24.3 Å². The Morgan fingerprint density at radius 1 is 1.07 bits per heavy atom. The summed E-state index contributed by atoms with van der Waals surface area (Å²) in [6, 6.07) is 6.12. The molecule has 7 heteroatoms. The van der Waals surface area contributed by atoms with Crippen molar-refractivity contribution < 1.29 is 28.8 Å². The maximum atomic E-state index is 12.5. The van der Waals surface area contributed by atoms with Crippen molar-refractivity contribution in [2.45, 2.75) is 19.4 Å². The van der Waals surface area contributed by atoms with Crippen LogP contribution in [-0.4, -0.2) is 72.6 Å². The molecule has 0 spiro atoms. The molecule has 0 unspecified atom stereocenters. The summed E-state index contributed by atoms with van der Waals surface area (Å²) >= 11 is 0. The average Bonchev–Trinajstić information content (AvgIpc) is 2.75. The van der Waals surface area contributed by atoms with Crippen molar-refractivity contribution in [3.63, 3.8) is 0 Å². The standard InChI is InChI=1S/C21H33N3O4/c1-26-19-4-3-17(15-20(19)27-2)16-24-8-5-18(6-9-24)21(25)22-7-10-23-11-13-28-14-12-23/h3-4,15,18H,5-14,16H2,1-2H3,(H,22,25)/p+2. The summed E-state index contributed by atoms with van der Waals surface area (Å²) in [6.07, 6.45) is 1.91. The van der Waals surface area contributed by atoms with Crippen LogP contribution in [0.25, 0.3) is 0 Å². The number of methoxy groups -OCH3 is 2. The van der Waals surface area contributed by atoms with E-state index < -0.39 is 0 Å². The third-order valence-corrected chi connectivity index (χ3v) is 5.94. The van der Waals surface area contributed by atoms with Crippen LogP contribution in [0.2, 0.25) is 0 Å². The van der Waals surface area contributed by atoms with Gasteiger partial charge in [-0.1, -0.05) is 0 Å². The summed E-state index contributed by atoms with van der Waals surface area (Å²) in [4.78, 5) is 15.5. The molecule has 0 aromatic heterocycles. The lowest BCUT2D eigenvalue weighted by molar-refractivity contribution is -0.919. The number of morpholine rings is 1. The Morgan fingerprint density at radius 3 is 2.46 bits per heavy atom. The van der Waals surface area contributed by atoms with Gasteiger partial charge in [-0.2, -0.15) is 0 Å². The van der Waals surface area contributed by atoms with Gasteiger partial charge in [0.05, 0.1) is 53.6 Å². The number of hydrogen-bond acceptors (Lipinski definition) is 4. The van der Waals surface area contributed by atoms with E-state index in [0.717, 1.165) is 83.4 Å². The Balaban J connectivity index is 1.38. The molecule has 0 radical (unpaired) electrons. The van der Waals surface area contributed by atoms with Gasteiger partial charge in [0.15, 0.2) is 11.5 Å². The molecule has 1 amide bonds. The minimum Gasteiger partial charge on any atom is -0.493 e. The summed E-state index contributed by atoms with van der Waals surface area (Å²) in [5.74, 6) is 1.93. The molecule has 0 bridgehead atoms. The van der Waals surface area contributed by atoms with Gasteiger partial charge in [-0.15, -0.1) is 0 Å². The number of ether oxygens (including phenoxy) is 3. The van der Waals surface area contributed by atoms with E-state index in [2.05, 4.69) is 17.4 Å². The average molecular weight is 394 g/mol. The summed E-state index contributed by atoms with van der Waals surface area (Å²) in [6.45, 7) is 8.56. The molecule has 2 aliphatic heterocycles. The second kappa shape index (κ2) is 10.6. The Labute approximate surface area is 167 Å². The molecule has 1 aromatic rings. The van der Waals surface area contributed by atoms with Crippen LogP contribution in [0.4, 0.5) is 0 Å². The quantitative estimate of drug-likeness (QED) is 0.505. The van der Waals surface area contributed by atoms with Gasteiger partial charge in [0.2, 0.25) is 5.91 Å². The van der Waals surface area contributed by atoms with Crippen LogP contribution >= 0.6 is 0 Å². The maximum absolute atomic E-state index is 12.5. The van der Waals surface area contributed by atoms with Gasteiger partial charge in [0.1, 0.15) is 19.6 Å². The molecule has 2 aliphatic rings. The summed E-state index contributed by atoms with van der Waals surface area (Å²) < 4.78 is 16.1. The Hall–Kier alpha value is -1.83. The minimum absolute atomic E-state index is 0.161. The molecule has 0 atom stereocenters. The van der Waals surface area contributed by atoms with Gasteiger partial charge in [-0.25, -0.2) is 0 Å². The van der Waals surface area contributed by atoms with Crippen LogP contribution in [0.3, 0.4) is 0 Å². The zero-order valence-electron chi connectivity index (χ0n) is 17.2. The van der Waals surface area contributed by atoms with Crippen molar-refractivity contribution in [2.75, 3.05) is 66.7 Å². The van der Waals surface area contributed by atoms with Crippen LogP contribution in [0, 0.1) is 5.92 Å². The number of carbonyl (C=O) groups excluding carboxylic acids is 1. The molecular weight excluding hydrogens is 358 g/mol. The van der Waals surface area contributed by atoms with Crippen LogP contribution < -0.4 is 24.6 Å². The largest absolute Gasteiger partial charge is 0.493 e. The van der Waals surface area contributed by atoms with Gasteiger partial charge in [-0.05, 0) is 18.2 Å². The summed E-state index contributed by atoms with van der Waals surface area (Å²) in [5.41, 5.74) is 1.24. The molecule has 7 nitrogen and oxygen atoms in total. The van der Waals surface area contributed by atoms with Crippen LogP contribution in [-0.2, 0) is 16.1 Å². The normalized spacial score (nSPS) is 23.2. The number of likely N-dealkylation sites (tertiary alicyclic amines) is 1. The van der Waals surface area contributed by atoms with Crippen molar-refractivity contribution in [1.29, 1.82) is 0 Å². The van der Waals surface area contributed by atoms with E-state index in [9.17, 15) is 4.79 Å². The highest BCUT2D eigenvalue weighted by molar-refractivity contribution is 5.78. The van der Waals surface area contributed by atoms with Crippen molar-refractivity contribution in [3.8, 4) is 11.5 Å². The first-order chi connectivity index (χ1) is 13.7. The van der Waals surface area contributed by atoms with E-state index in [4.69, 9.17) is 14.2 Å². The van der Waals surface area contributed by atoms with E-state index in [1.165, 1.54) is 15.4 Å². The molecule has 0 saturated carbocycles. The molecule has 3 N–H and O–H groups in total. The lowest BCUT2D eigenvalue weighted by Gasteiger charge is -2.29. The van der Waals surface area contributed by atoms with Crippen LogP contribution in [0.1, 0.15) is 18.4 Å². The number of nitrogens with one attached hydrogen (secondary N) is 3. The Kier molecular flexibility index (Phi) is 7.94. The highest BCUT2D eigenvalue weighted by Gasteiger charge is 2.27. The molecular formula is C21H35N3O4+2. The first-order valence-corrected chi connectivity index (χ1v) is 10.4. The zero-order chi connectivity index (χ0) is 19.8. The van der Waals surface area contributed by atoms with Gasteiger partial charge < -0.3 is 29.3 Å². The SMILES string of the molecule is COc1ccc(C[NH+]2CCC(C(=O)NCC[NH+]3CCOCC3)CC2)cc1OC. The van der Waals surface area contributed by atoms with Crippen LogP contribution in [0.15, 0.2) is 18.2 Å². The zero-order valence-corrected chi connectivity index (χ0v) is 17.2. The smallest absolute Gasteiger partial charge is 0.223 e. The van der Waals surface area contributed by atoms with E-state index in [-0.39, 0.29) is 11.8 Å². The van der Waals surface area contributed by atoms with Crippen molar-refractivity contribution in [2.24, 2.45) is 5.92 Å². The third kappa shape index (κ3) is 5.83. The first kappa shape index (κ1) is 20.9. The predicted octanol–water partition coefficient (Wildman–Crippen LogP) is -1.47. The summed E-state index contributed by atoms with van der Waals surface area (Å²) in [7, 11) is 3.32. The van der Waals surface area contributed by atoms with Crippen molar-refractivity contribution in [1.82, 2.24) is 5.32 Å². The second-order valence-corrected chi connectivity index (χ2v) is 7.79. The number of hydrogen-bond donors (Lipinski definition) is 3. The molecule has 156 valence electrons. The fourth-order valence-electron chi connectivity index (χ4n) is 4.16. The monoisotopic (exact) mass is 393 g/mol. The van der Waals surface area contributed by atoms with Crippen molar-refractivity contribution in [3.05, 3.63) is 23.8 Å². The minimum atomic E-state index is 0.161. The second-order valence-electron chi connectivity index (χ2n) is 7.79. The van der Waals surface area contributed by atoms with E-state index >= 15 is 0 Å². The van der Waals surface area contributed by atoms with Crippen molar-refractivity contribution >= 4 is 5.91 Å². The molecule has 2 heterocycles. The summed E-state index contributed by atoms with van der Waals surface area (Å²) in [5, 5.41) is 3.15. The number of quaternary nitrogens is 2. The molecule has 1 aromatic carbocycles. The topological polar surface area (TPSA) is 65.7 Å². The van der Waals surface area contributed by atoms with E-state index in [0.29, 0.717) is 0 Å². The number of carbonyl (C=O) groups is 1. The number of rotatable bonds is 8. The van der Waals surface area contributed by atoms with E-state index in [1.54, 1.807) is 14.2 Å². The highest BCUT2D eigenvalue weighted by atomic mass is 16.5. The molecule has 28 heavy (non-hydrogen) atoms. The predicted molar refractivity (Wildman–Crippen MR) is 106 cm³/mol. The molecule has 0 aliphatic carbocycles. The van der Waals surface area contributed by atoms with E-state index in [1.807, 2.05) is 6.07 Å². The highest BCUT2D eigenvalue weighted by Crippen LogP contribution is 2.27. The Bertz CT molecular complexity index is 626. The third-order valence-electron chi connectivity index (χ3n) is 5.94. The number of amides is 1. The van der Waals surface area contributed by atoms with Gasteiger partial charge in [-0.3, -0.25) is 4.79 Å². The fourth-order valence-corrected chi connectivity index (χ4v) is 4.16. The molecule has 2 saturated heterocycles. The first-order valence-electron chi connectivity index (χ1n) is 10.4. The van der Waals surface area contributed by atoms with Gasteiger partial charge in [0.25, 0.3) is 0 Å². The molecule has 2 fully saturated rings. The van der Waals surface area contributed by atoms with Crippen LogP contribution in [0.5, 0.6) is 11.5 Å². The molecule has 3 rings (SSSR count). The number of piperidine rings is 1. The fraction of sp³-hybridized carbons (Fsp3) is 0.667. The Morgan fingerprint density at radius 2 is 1.79 bits per heavy atom. The number of benzene rings is 1.